The number of nitrogens with zero attached hydrogens (tertiary/aromatic N) is 1. The topological polar surface area (TPSA) is 161 Å². The molecule has 0 radical (unpaired) electrons. The van der Waals surface area contributed by atoms with Crippen LogP contribution in [0, 0.1) is 12.8 Å². The van der Waals surface area contributed by atoms with Crippen LogP contribution in [0.3, 0.4) is 0 Å². The van der Waals surface area contributed by atoms with Gasteiger partial charge in [0.25, 0.3) is 5.91 Å². The summed E-state index contributed by atoms with van der Waals surface area (Å²) in [6, 6.07) is 3.50. The number of aryl methyl sites for hydroxylation is 1. The number of carbonyl (C=O) groups is 3. The van der Waals surface area contributed by atoms with Crippen molar-refractivity contribution in [2.75, 3.05) is 14.1 Å². The Labute approximate surface area is 177 Å². The molecule has 2 aromatic rings. The van der Waals surface area contributed by atoms with E-state index in [9.17, 15) is 34.8 Å². The molecule has 4 rings (SSSR count). The van der Waals surface area contributed by atoms with E-state index in [1.54, 1.807) is 33.2 Å². The molecule has 0 aromatic heterocycles. The fourth-order valence-corrected chi connectivity index (χ4v) is 5.04. The average molecular weight is 426 g/mol. The summed E-state index contributed by atoms with van der Waals surface area (Å²) in [5, 5.41) is 43.9. The number of primary amides is 1. The van der Waals surface area contributed by atoms with Gasteiger partial charge in [-0.15, -0.1) is 0 Å². The Hall–Kier alpha value is -3.43. The molecule has 2 aliphatic rings. The van der Waals surface area contributed by atoms with Crippen LogP contribution >= 0.6 is 0 Å². The Bertz CT molecular complexity index is 1230. The fourth-order valence-electron chi connectivity index (χ4n) is 5.04. The monoisotopic (exact) mass is 426 g/mol. The van der Waals surface area contributed by atoms with Crippen LogP contribution in [-0.2, 0) is 16.0 Å². The quantitative estimate of drug-likeness (QED) is 0.433. The number of amides is 1. The minimum absolute atomic E-state index is 0.0313. The predicted molar refractivity (Wildman–Crippen MR) is 110 cm³/mol. The highest BCUT2D eigenvalue weighted by molar-refractivity contribution is 6.25. The van der Waals surface area contributed by atoms with Crippen LogP contribution in [-0.4, -0.2) is 68.5 Å². The van der Waals surface area contributed by atoms with Gasteiger partial charge in [0, 0.05) is 5.92 Å². The molecule has 3 atom stereocenters. The number of phenols is 2. The summed E-state index contributed by atoms with van der Waals surface area (Å²) in [5.74, 6) is -6.18. The number of hydrogen-bond acceptors (Lipinski definition) is 8. The van der Waals surface area contributed by atoms with Gasteiger partial charge in [-0.2, -0.15) is 0 Å². The summed E-state index contributed by atoms with van der Waals surface area (Å²) in [7, 11) is 3.10. The molecule has 0 spiro atoms. The molecule has 0 bridgehead atoms. The van der Waals surface area contributed by atoms with E-state index < -0.39 is 52.1 Å². The van der Waals surface area contributed by atoms with Crippen molar-refractivity contribution in [1.82, 2.24) is 4.90 Å². The van der Waals surface area contributed by atoms with Crippen molar-refractivity contribution in [3.05, 3.63) is 46.2 Å². The Morgan fingerprint density at radius 1 is 1.19 bits per heavy atom. The van der Waals surface area contributed by atoms with E-state index in [-0.39, 0.29) is 23.1 Å². The Morgan fingerprint density at radius 2 is 1.84 bits per heavy atom. The lowest BCUT2D eigenvalue weighted by atomic mass is 9.61. The zero-order valence-electron chi connectivity index (χ0n) is 17.1. The molecule has 162 valence electrons. The van der Waals surface area contributed by atoms with Crippen LogP contribution in [0.2, 0.25) is 0 Å². The first kappa shape index (κ1) is 20.8. The maximum Gasteiger partial charge on any atom is 0.255 e. The number of Topliss-reactive ketones (excluding diaryl/α,β-unsaturated/α-hetero) is 2. The maximum atomic E-state index is 13.6. The lowest BCUT2D eigenvalue weighted by molar-refractivity contribution is -0.132. The molecule has 0 saturated carbocycles. The lowest BCUT2D eigenvalue weighted by Gasteiger charge is -2.47. The minimum atomic E-state index is -2.65. The molecule has 2 aromatic carbocycles. The van der Waals surface area contributed by atoms with E-state index >= 15 is 0 Å². The molecule has 9 heteroatoms. The van der Waals surface area contributed by atoms with Crippen molar-refractivity contribution in [3.63, 3.8) is 0 Å². The number of aliphatic hydroxyl groups is 2. The van der Waals surface area contributed by atoms with E-state index in [0.29, 0.717) is 16.5 Å². The Balaban J connectivity index is 2.11. The van der Waals surface area contributed by atoms with E-state index in [0.717, 1.165) is 0 Å². The van der Waals surface area contributed by atoms with Crippen LogP contribution in [0.25, 0.3) is 10.8 Å². The SMILES string of the molecule is Cc1c2c(c(O)c3c(O)cccc13)C(=O)[C@]1(O)C(O)=C(C(N)=O)C(=O)[C@H](N(C)C)[C@H]1C2. The van der Waals surface area contributed by atoms with E-state index in [1.807, 2.05) is 0 Å². The summed E-state index contributed by atoms with van der Waals surface area (Å²) in [4.78, 5) is 39.9. The third-order valence-corrected chi connectivity index (χ3v) is 6.51. The van der Waals surface area contributed by atoms with Gasteiger partial charge in [0.1, 0.15) is 22.8 Å². The number of benzene rings is 2. The van der Waals surface area contributed by atoms with Crippen LogP contribution in [0.4, 0.5) is 0 Å². The second kappa shape index (κ2) is 6.53. The fraction of sp³-hybridized carbons (Fsp3) is 0.318. The maximum absolute atomic E-state index is 13.6. The largest absolute Gasteiger partial charge is 0.508 e. The first-order valence-corrected chi connectivity index (χ1v) is 9.61. The first-order chi connectivity index (χ1) is 14.4. The highest BCUT2D eigenvalue weighted by Crippen LogP contribution is 2.50. The first-order valence-electron chi connectivity index (χ1n) is 9.61. The van der Waals surface area contributed by atoms with Gasteiger partial charge in [0.2, 0.25) is 5.78 Å². The second-order valence-electron chi connectivity index (χ2n) is 8.29. The van der Waals surface area contributed by atoms with E-state index in [4.69, 9.17) is 5.73 Å². The van der Waals surface area contributed by atoms with Crippen molar-refractivity contribution < 1.29 is 34.8 Å². The number of ketones is 2. The molecular weight excluding hydrogens is 404 g/mol. The van der Waals surface area contributed by atoms with Crippen molar-refractivity contribution in [2.45, 2.75) is 25.0 Å². The smallest absolute Gasteiger partial charge is 0.255 e. The molecule has 31 heavy (non-hydrogen) atoms. The van der Waals surface area contributed by atoms with Gasteiger partial charge in [-0.05, 0) is 50.0 Å². The highest BCUT2D eigenvalue weighted by atomic mass is 16.3. The predicted octanol–water partition coefficient (Wildman–Crippen LogP) is 0.456. The van der Waals surface area contributed by atoms with Gasteiger partial charge in [-0.3, -0.25) is 19.3 Å². The van der Waals surface area contributed by atoms with Gasteiger partial charge in [0.05, 0.1) is 17.0 Å². The summed E-state index contributed by atoms with van der Waals surface area (Å²) < 4.78 is 0. The number of aliphatic hydroxyl groups excluding tert-OH is 1. The Morgan fingerprint density at radius 3 is 2.42 bits per heavy atom. The molecule has 0 aliphatic heterocycles. The number of aromatic hydroxyl groups is 2. The Kier molecular flexibility index (Phi) is 4.39. The second-order valence-corrected chi connectivity index (χ2v) is 8.29. The van der Waals surface area contributed by atoms with Gasteiger partial charge in [0.15, 0.2) is 11.4 Å². The standard InChI is InChI=1S/C22H22N2O7/c1-8-9-5-4-6-12(25)13(9)17(26)14-10(8)7-11-16(24(2)3)18(27)15(21(23)30)20(29)22(11,31)19(14)28/h4-6,11,16,25-26,29,31H,7H2,1-3H3,(H2,23,30)/t11-,16-,22+/m1/s1. The van der Waals surface area contributed by atoms with Gasteiger partial charge < -0.3 is 26.2 Å². The van der Waals surface area contributed by atoms with Crippen LogP contribution in [0.1, 0.15) is 21.5 Å². The molecule has 0 saturated heterocycles. The van der Waals surface area contributed by atoms with Crippen LogP contribution in [0.5, 0.6) is 11.5 Å². The van der Waals surface area contributed by atoms with Gasteiger partial charge >= 0.3 is 0 Å². The summed E-state index contributed by atoms with van der Waals surface area (Å²) in [6.45, 7) is 1.71. The van der Waals surface area contributed by atoms with Gasteiger partial charge in [-0.25, -0.2) is 0 Å². The molecule has 0 unspecified atom stereocenters. The third kappa shape index (κ3) is 2.47. The zero-order valence-corrected chi connectivity index (χ0v) is 17.1. The zero-order chi connectivity index (χ0) is 23.0. The number of carbonyl (C=O) groups excluding carboxylic acids is 3. The van der Waals surface area contributed by atoms with E-state index in [1.165, 1.54) is 11.0 Å². The number of likely N-dealkylation sites (N-methyl/N-ethyl adjacent to an activating group) is 1. The number of phenolic OH excluding ortho intramolecular Hbond substituents is 2. The summed E-state index contributed by atoms with van der Waals surface area (Å²) in [6.07, 6.45) is -0.0484. The van der Waals surface area contributed by atoms with Crippen molar-refractivity contribution in [2.24, 2.45) is 11.7 Å². The molecule has 0 fully saturated rings. The van der Waals surface area contributed by atoms with Crippen LogP contribution < -0.4 is 5.73 Å². The molecule has 9 nitrogen and oxygen atoms in total. The highest BCUT2D eigenvalue weighted by Gasteiger charge is 2.62. The summed E-state index contributed by atoms with van der Waals surface area (Å²) in [5.41, 5.74) is 2.50. The van der Waals surface area contributed by atoms with Crippen molar-refractivity contribution in [3.8, 4) is 11.5 Å². The normalized spacial score (nSPS) is 25.7. The van der Waals surface area contributed by atoms with Crippen LogP contribution in [0.15, 0.2) is 29.5 Å². The number of rotatable bonds is 2. The average Bonchev–Trinajstić information content (AvgIpc) is 2.68. The molecule has 0 heterocycles. The van der Waals surface area contributed by atoms with Gasteiger partial charge in [-0.1, -0.05) is 12.1 Å². The number of hydrogen-bond donors (Lipinski definition) is 5. The molecular formula is C22H22N2O7. The molecule has 2 aliphatic carbocycles. The number of fused-ring (bicyclic) bond motifs is 3. The third-order valence-electron chi connectivity index (χ3n) is 6.51. The lowest BCUT2D eigenvalue weighted by Crippen LogP contribution is -2.64. The number of nitrogens with two attached hydrogens (primary N) is 1. The van der Waals surface area contributed by atoms with Crippen molar-refractivity contribution in [1.29, 1.82) is 0 Å². The minimum Gasteiger partial charge on any atom is -0.508 e. The molecule has 6 N–H and O–H groups in total. The van der Waals surface area contributed by atoms with E-state index in [2.05, 4.69) is 0 Å². The summed E-state index contributed by atoms with van der Waals surface area (Å²) >= 11 is 0. The van der Waals surface area contributed by atoms with Crippen molar-refractivity contribution >= 4 is 28.2 Å². The molecule has 1 amide bonds.